The van der Waals surface area contributed by atoms with Crippen molar-refractivity contribution in [2.75, 3.05) is 6.54 Å². The first kappa shape index (κ1) is 10.8. The summed E-state index contributed by atoms with van der Waals surface area (Å²) in [6, 6.07) is 5.04. The molecule has 2 N–H and O–H groups in total. The van der Waals surface area contributed by atoms with Crippen LogP contribution < -0.4 is 10.9 Å². The van der Waals surface area contributed by atoms with E-state index in [0.717, 1.165) is 16.6 Å². The summed E-state index contributed by atoms with van der Waals surface area (Å²) in [5, 5.41) is 11.0. The Balaban J connectivity index is 2.09. The van der Waals surface area contributed by atoms with Gasteiger partial charge in [-0.15, -0.1) is 0 Å². The molecule has 1 aliphatic heterocycles. The van der Waals surface area contributed by atoms with E-state index in [9.17, 15) is 9.59 Å². The van der Waals surface area contributed by atoms with Crippen molar-refractivity contribution in [3.63, 3.8) is 0 Å². The Hall–Kier alpha value is -2.37. The van der Waals surface area contributed by atoms with Gasteiger partial charge in [-0.05, 0) is 17.7 Å². The molecular formula is C12H11N3O3. The summed E-state index contributed by atoms with van der Waals surface area (Å²) < 4.78 is 1.66. The molecule has 1 amide bonds. The average Bonchev–Trinajstić information content (AvgIpc) is 2.73. The standard InChI is InChI=1S/C12H11N3O3/c16-10-2-1-9-11-8(3-4-13-9)7(6-15(10)11)5-14-12(17)18/h1-4,7,14H,5-6H2,(H,17,18)/t7-/m0/s1. The molecule has 0 aromatic carbocycles. The molecule has 2 aromatic rings. The van der Waals surface area contributed by atoms with Crippen LogP contribution in [0.5, 0.6) is 0 Å². The van der Waals surface area contributed by atoms with Crippen LogP contribution in [0.3, 0.4) is 0 Å². The van der Waals surface area contributed by atoms with Gasteiger partial charge in [0.2, 0.25) is 0 Å². The van der Waals surface area contributed by atoms with Crippen molar-refractivity contribution in [1.29, 1.82) is 0 Å². The third kappa shape index (κ3) is 1.54. The molecule has 3 heterocycles. The van der Waals surface area contributed by atoms with E-state index >= 15 is 0 Å². The second-order valence-corrected chi connectivity index (χ2v) is 4.30. The lowest BCUT2D eigenvalue weighted by Crippen LogP contribution is -2.27. The van der Waals surface area contributed by atoms with E-state index in [0.29, 0.717) is 13.1 Å². The van der Waals surface area contributed by atoms with Gasteiger partial charge in [0.05, 0.1) is 11.0 Å². The first-order chi connectivity index (χ1) is 8.66. The van der Waals surface area contributed by atoms with E-state index in [-0.39, 0.29) is 11.5 Å². The van der Waals surface area contributed by atoms with Crippen LogP contribution in [-0.4, -0.2) is 27.3 Å². The summed E-state index contributed by atoms with van der Waals surface area (Å²) in [6.07, 6.45) is 0.634. The molecule has 1 aliphatic rings. The molecule has 0 saturated carbocycles. The lowest BCUT2D eigenvalue weighted by molar-refractivity contribution is 0.193. The van der Waals surface area contributed by atoms with E-state index in [1.165, 1.54) is 6.07 Å². The van der Waals surface area contributed by atoms with Crippen LogP contribution in [0.4, 0.5) is 4.79 Å². The van der Waals surface area contributed by atoms with Crippen LogP contribution >= 0.6 is 0 Å². The van der Waals surface area contributed by atoms with E-state index in [1.807, 2.05) is 6.07 Å². The largest absolute Gasteiger partial charge is 0.465 e. The Labute approximate surface area is 102 Å². The SMILES string of the molecule is O=C(O)NC[C@H]1Cn2c(=O)ccc3nccc1c32. The van der Waals surface area contributed by atoms with Gasteiger partial charge in [0.1, 0.15) is 0 Å². The number of carboxylic acid groups (broad SMARTS) is 1. The molecule has 0 saturated heterocycles. The fourth-order valence-corrected chi connectivity index (χ4v) is 2.47. The van der Waals surface area contributed by atoms with Crippen LogP contribution in [0.1, 0.15) is 11.5 Å². The number of carbonyl (C=O) groups is 1. The molecule has 0 radical (unpaired) electrons. The molecule has 6 heteroatoms. The topological polar surface area (TPSA) is 84.2 Å². The molecule has 18 heavy (non-hydrogen) atoms. The predicted octanol–water partition coefficient (Wildman–Crippen LogP) is 0.761. The molecule has 0 fully saturated rings. The Morgan fingerprint density at radius 2 is 2.33 bits per heavy atom. The predicted molar refractivity (Wildman–Crippen MR) is 64.8 cm³/mol. The van der Waals surface area contributed by atoms with Crippen LogP contribution in [-0.2, 0) is 6.54 Å². The minimum atomic E-state index is -1.05. The van der Waals surface area contributed by atoms with Gasteiger partial charge in [0, 0.05) is 31.3 Å². The number of aromatic nitrogens is 2. The number of nitrogens with one attached hydrogen (secondary N) is 1. The van der Waals surface area contributed by atoms with Gasteiger partial charge in [-0.2, -0.15) is 0 Å². The van der Waals surface area contributed by atoms with E-state index < -0.39 is 6.09 Å². The van der Waals surface area contributed by atoms with Gasteiger partial charge < -0.3 is 15.0 Å². The molecule has 0 spiro atoms. The van der Waals surface area contributed by atoms with Crippen molar-refractivity contribution in [3.8, 4) is 0 Å². The lowest BCUT2D eigenvalue weighted by Gasteiger charge is -2.09. The number of hydrogen-bond donors (Lipinski definition) is 2. The van der Waals surface area contributed by atoms with Crippen molar-refractivity contribution in [2.45, 2.75) is 12.5 Å². The third-order valence-corrected chi connectivity index (χ3v) is 3.25. The second-order valence-electron chi connectivity index (χ2n) is 4.30. The van der Waals surface area contributed by atoms with Gasteiger partial charge in [-0.1, -0.05) is 0 Å². The minimum absolute atomic E-state index is 0.0123. The monoisotopic (exact) mass is 245 g/mol. The first-order valence-electron chi connectivity index (χ1n) is 5.62. The van der Waals surface area contributed by atoms with Crippen molar-refractivity contribution in [2.24, 2.45) is 0 Å². The Morgan fingerprint density at radius 3 is 3.11 bits per heavy atom. The van der Waals surface area contributed by atoms with Gasteiger partial charge in [-0.25, -0.2) is 4.79 Å². The van der Waals surface area contributed by atoms with Crippen molar-refractivity contribution >= 4 is 17.1 Å². The molecule has 0 aliphatic carbocycles. The zero-order valence-corrected chi connectivity index (χ0v) is 9.46. The maximum absolute atomic E-state index is 11.8. The molecule has 1 atom stereocenters. The van der Waals surface area contributed by atoms with Crippen LogP contribution in [0.25, 0.3) is 11.0 Å². The van der Waals surface area contributed by atoms with Gasteiger partial charge in [0.25, 0.3) is 5.56 Å². The molecule has 2 aromatic heterocycles. The van der Waals surface area contributed by atoms with Crippen molar-refractivity contribution in [3.05, 3.63) is 40.3 Å². The molecule has 0 unspecified atom stereocenters. The summed E-state index contributed by atoms with van der Waals surface area (Å²) in [5.74, 6) is -0.0123. The maximum atomic E-state index is 11.8. The van der Waals surface area contributed by atoms with Crippen LogP contribution in [0.15, 0.2) is 29.2 Å². The third-order valence-electron chi connectivity index (χ3n) is 3.25. The summed E-state index contributed by atoms with van der Waals surface area (Å²) in [7, 11) is 0. The fourth-order valence-electron chi connectivity index (χ4n) is 2.47. The summed E-state index contributed by atoms with van der Waals surface area (Å²) in [5.41, 5.74) is 2.49. The Morgan fingerprint density at radius 1 is 1.50 bits per heavy atom. The summed E-state index contributed by atoms with van der Waals surface area (Å²) >= 11 is 0. The smallest absolute Gasteiger partial charge is 0.404 e. The maximum Gasteiger partial charge on any atom is 0.404 e. The van der Waals surface area contributed by atoms with Gasteiger partial charge in [-0.3, -0.25) is 9.78 Å². The minimum Gasteiger partial charge on any atom is -0.465 e. The molecule has 0 bridgehead atoms. The number of hydrogen-bond acceptors (Lipinski definition) is 3. The fraction of sp³-hybridized carbons (Fsp3) is 0.250. The highest BCUT2D eigenvalue weighted by molar-refractivity contribution is 5.80. The molecular weight excluding hydrogens is 234 g/mol. The first-order valence-corrected chi connectivity index (χ1v) is 5.62. The quantitative estimate of drug-likeness (QED) is 0.818. The second kappa shape index (κ2) is 3.83. The summed E-state index contributed by atoms with van der Waals surface area (Å²) in [6.45, 7) is 0.799. The molecule has 92 valence electrons. The molecule has 6 nitrogen and oxygen atoms in total. The van der Waals surface area contributed by atoms with Crippen molar-refractivity contribution in [1.82, 2.24) is 14.9 Å². The van der Waals surface area contributed by atoms with E-state index in [1.54, 1.807) is 16.8 Å². The van der Waals surface area contributed by atoms with Gasteiger partial charge >= 0.3 is 6.09 Å². The molecule has 3 rings (SSSR count). The highest BCUT2D eigenvalue weighted by Crippen LogP contribution is 2.30. The number of rotatable bonds is 2. The summed E-state index contributed by atoms with van der Waals surface area (Å²) in [4.78, 5) is 26.5. The lowest BCUT2D eigenvalue weighted by atomic mass is 10.0. The number of amides is 1. The Kier molecular flexibility index (Phi) is 2.29. The van der Waals surface area contributed by atoms with Crippen LogP contribution in [0.2, 0.25) is 0 Å². The van der Waals surface area contributed by atoms with Crippen LogP contribution in [0, 0.1) is 0 Å². The Bertz CT molecular complexity index is 693. The average molecular weight is 245 g/mol. The highest BCUT2D eigenvalue weighted by Gasteiger charge is 2.25. The highest BCUT2D eigenvalue weighted by atomic mass is 16.4. The van der Waals surface area contributed by atoms with Gasteiger partial charge in [0.15, 0.2) is 0 Å². The number of pyridine rings is 2. The van der Waals surface area contributed by atoms with Crippen molar-refractivity contribution < 1.29 is 9.90 Å². The van der Waals surface area contributed by atoms with E-state index in [4.69, 9.17) is 5.11 Å². The number of nitrogens with zero attached hydrogens (tertiary/aromatic N) is 2. The van der Waals surface area contributed by atoms with E-state index in [2.05, 4.69) is 10.3 Å². The zero-order valence-electron chi connectivity index (χ0n) is 9.46. The zero-order chi connectivity index (χ0) is 12.7. The normalized spacial score (nSPS) is 17.0.